The van der Waals surface area contributed by atoms with Gasteiger partial charge in [0.25, 0.3) is 0 Å². The summed E-state index contributed by atoms with van der Waals surface area (Å²) in [6.07, 6.45) is 1.90. The molecule has 0 saturated carbocycles. The lowest BCUT2D eigenvalue weighted by Gasteiger charge is -2.05. The first kappa shape index (κ1) is 7.66. The Bertz CT molecular complexity index is 88.5. The van der Waals surface area contributed by atoms with Crippen LogP contribution in [0.3, 0.4) is 0 Å². The molecule has 0 rings (SSSR count). The third kappa shape index (κ3) is 2.09. The standard InChI is InChI=1S/C6H13NO/c1-3-5(2)6(7)4-8/h3,6,8H,4,7H2,1-2H3/b5-3+/t6-/m0/s1. The highest BCUT2D eigenvalue weighted by Crippen LogP contribution is 1.94. The fraction of sp³-hybridized carbons (Fsp3) is 0.667. The van der Waals surface area contributed by atoms with E-state index in [-0.39, 0.29) is 12.6 Å². The molecule has 0 saturated heterocycles. The summed E-state index contributed by atoms with van der Waals surface area (Å²) in [6.45, 7) is 3.85. The van der Waals surface area contributed by atoms with Crippen molar-refractivity contribution < 1.29 is 5.11 Å². The highest BCUT2D eigenvalue weighted by atomic mass is 16.3. The lowest BCUT2D eigenvalue weighted by molar-refractivity contribution is 0.279. The van der Waals surface area contributed by atoms with E-state index in [4.69, 9.17) is 10.8 Å². The Labute approximate surface area is 50.0 Å². The van der Waals surface area contributed by atoms with Crippen LogP contribution >= 0.6 is 0 Å². The van der Waals surface area contributed by atoms with Gasteiger partial charge < -0.3 is 10.8 Å². The first-order valence-electron chi connectivity index (χ1n) is 2.71. The molecule has 2 heteroatoms. The van der Waals surface area contributed by atoms with E-state index in [2.05, 4.69) is 0 Å². The Morgan fingerprint density at radius 2 is 2.38 bits per heavy atom. The highest BCUT2D eigenvalue weighted by Gasteiger charge is 1.98. The molecule has 3 N–H and O–H groups in total. The summed E-state index contributed by atoms with van der Waals surface area (Å²) in [5.41, 5.74) is 6.44. The molecule has 0 radical (unpaired) electrons. The molecule has 0 aliphatic heterocycles. The minimum absolute atomic E-state index is 0.0379. The van der Waals surface area contributed by atoms with E-state index >= 15 is 0 Å². The number of nitrogens with two attached hydrogens (primary N) is 1. The summed E-state index contributed by atoms with van der Waals surface area (Å²) < 4.78 is 0. The van der Waals surface area contributed by atoms with E-state index in [9.17, 15) is 0 Å². The number of aliphatic hydroxyl groups is 1. The molecule has 0 aliphatic rings. The van der Waals surface area contributed by atoms with Crippen LogP contribution in [0.4, 0.5) is 0 Å². The summed E-state index contributed by atoms with van der Waals surface area (Å²) in [7, 11) is 0. The molecule has 0 aliphatic carbocycles. The first-order valence-corrected chi connectivity index (χ1v) is 2.71. The fourth-order valence-electron chi connectivity index (χ4n) is 0.358. The fourth-order valence-corrected chi connectivity index (χ4v) is 0.358. The largest absolute Gasteiger partial charge is 0.394 e. The monoisotopic (exact) mass is 115 g/mol. The number of hydrogen-bond donors (Lipinski definition) is 2. The van der Waals surface area contributed by atoms with Crippen molar-refractivity contribution in [2.45, 2.75) is 19.9 Å². The van der Waals surface area contributed by atoms with Crippen LogP contribution in [0, 0.1) is 0 Å². The smallest absolute Gasteiger partial charge is 0.0621 e. The molecule has 0 bridgehead atoms. The van der Waals surface area contributed by atoms with Crippen molar-refractivity contribution in [3.63, 3.8) is 0 Å². The molecule has 8 heavy (non-hydrogen) atoms. The van der Waals surface area contributed by atoms with Crippen LogP contribution in [-0.4, -0.2) is 17.8 Å². The Balaban J connectivity index is 3.63. The molecule has 0 spiro atoms. The van der Waals surface area contributed by atoms with Gasteiger partial charge in [0.15, 0.2) is 0 Å². The van der Waals surface area contributed by atoms with E-state index < -0.39 is 0 Å². The number of rotatable bonds is 2. The van der Waals surface area contributed by atoms with Crippen molar-refractivity contribution in [3.8, 4) is 0 Å². The normalized spacial score (nSPS) is 16.2. The van der Waals surface area contributed by atoms with Gasteiger partial charge in [-0.1, -0.05) is 11.6 Å². The minimum atomic E-state index is -0.167. The summed E-state index contributed by atoms with van der Waals surface area (Å²) in [5.74, 6) is 0. The zero-order valence-electron chi connectivity index (χ0n) is 5.39. The lowest BCUT2D eigenvalue weighted by atomic mass is 10.1. The number of aliphatic hydroxyl groups excluding tert-OH is 1. The predicted octanol–water partition coefficient (Wildman–Crippen LogP) is 0.272. The summed E-state index contributed by atoms with van der Waals surface area (Å²) in [5, 5.41) is 8.47. The zero-order chi connectivity index (χ0) is 6.57. The minimum Gasteiger partial charge on any atom is -0.394 e. The van der Waals surface area contributed by atoms with E-state index in [1.165, 1.54) is 0 Å². The van der Waals surface area contributed by atoms with Gasteiger partial charge in [-0.05, 0) is 13.8 Å². The maximum Gasteiger partial charge on any atom is 0.0621 e. The molecular formula is C6H13NO. The van der Waals surface area contributed by atoms with Gasteiger partial charge in [-0.3, -0.25) is 0 Å². The second-order valence-electron chi connectivity index (χ2n) is 1.82. The zero-order valence-corrected chi connectivity index (χ0v) is 5.39. The average molecular weight is 115 g/mol. The second kappa shape index (κ2) is 3.64. The van der Waals surface area contributed by atoms with E-state index in [1.54, 1.807) is 0 Å². The highest BCUT2D eigenvalue weighted by molar-refractivity contribution is 5.04. The Morgan fingerprint density at radius 3 is 2.50 bits per heavy atom. The van der Waals surface area contributed by atoms with Gasteiger partial charge in [-0.25, -0.2) is 0 Å². The average Bonchev–Trinajstić information content (AvgIpc) is 1.84. The van der Waals surface area contributed by atoms with Gasteiger partial charge in [0.05, 0.1) is 6.61 Å². The first-order chi connectivity index (χ1) is 3.72. The number of hydrogen-bond acceptors (Lipinski definition) is 2. The summed E-state index contributed by atoms with van der Waals surface area (Å²) in [6, 6.07) is -0.167. The number of allylic oxidation sites excluding steroid dienone is 1. The second-order valence-corrected chi connectivity index (χ2v) is 1.82. The molecule has 0 aromatic rings. The van der Waals surface area contributed by atoms with Gasteiger partial charge in [-0.15, -0.1) is 0 Å². The lowest BCUT2D eigenvalue weighted by Crippen LogP contribution is -2.25. The molecule has 0 fully saturated rings. The van der Waals surface area contributed by atoms with E-state index in [1.807, 2.05) is 19.9 Å². The van der Waals surface area contributed by atoms with Crippen molar-refractivity contribution in [1.29, 1.82) is 0 Å². The van der Waals surface area contributed by atoms with Crippen molar-refractivity contribution >= 4 is 0 Å². The van der Waals surface area contributed by atoms with Crippen molar-refractivity contribution in [1.82, 2.24) is 0 Å². The predicted molar refractivity (Wildman–Crippen MR) is 34.5 cm³/mol. The van der Waals surface area contributed by atoms with Crippen molar-refractivity contribution in [2.24, 2.45) is 5.73 Å². The molecule has 2 nitrogen and oxygen atoms in total. The van der Waals surface area contributed by atoms with Gasteiger partial charge >= 0.3 is 0 Å². The molecule has 48 valence electrons. The molecule has 0 aromatic heterocycles. The molecule has 0 unspecified atom stereocenters. The Kier molecular flexibility index (Phi) is 3.48. The van der Waals surface area contributed by atoms with Gasteiger partial charge in [0, 0.05) is 6.04 Å². The summed E-state index contributed by atoms with van der Waals surface area (Å²) >= 11 is 0. The molecular weight excluding hydrogens is 102 g/mol. The summed E-state index contributed by atoms with van der Waals surface area (Å²) in [4.78, 5) is 0. The van der Waals surface area contributed by atoms with Crippen LogP contribution in [0.25, 0.3) is 0 Å². The maximum atomic E-state index is 8.47. The van der Waals surface area contributed by atoms with Crippen LogP contribution < -0.4 is 5.73 Å². The molecule has 0 heterocycles. The topological polar surface area (TPSA) is 46.2 Å². The third-order valence-corrected chi connectivity index (χ3v) is 1.24. The van der Waals surface area contributed by atoms with Gasteiger partial charge in [0.1, 0.15) is 0 Å². The van der Waals surface area contributed by atoms with Crippen LogP contribution in [-0.2, 0) is 0 Å². The van der Waals surface area contributed by atoms with Crippen molar-refractivity contribution in [2.75, 3.05) is 6.61 Å². The quantitative estimate of drug-likeness (QED) is 0.507. The maximum absolute atomic E-state index is 8.47. The Hall–Kier alpha value is -0.340. The third-order valence-electron chi connectivity index (χ3n) is 1.24. The van der Waals surface area contributed by atoms with Crippen LogP contribution in [0.1, 0.15) is 13.8 Å². The van der Waals surface area contributed by atoms with Crippen LogP contribution in [0.15, 0.2) is 11.6 Å². The van der Waals surface area contributed by atoms with Gasteiger partial charge in [0.2, 0.25) is 0 Å². The molecule has 0 amide bonds. The van der Waals surface area contributed by atoms with E-state index in [0.717, 1.165) is 5.57 Å². The van der Waals surface area contributed by atoms with Crippen LogP contribution in [0.5, 0.6) is 0 Å². The SMILES string of the molecule is C/C=C(\C)[C@@H](N)CO. The molecule has 1 atom stereocenters. The van der Waals surface area contributed by atoms with Gasteiger partial charge in [-0.2, -0.15) is 0 Å². The Morgan fingerprint density at radius 1 is 1.88 bits per heavy atom. The van der Waals surface area contributed by atoms with Crippen LogP contribution in [0.2, 0.25) is 0 Å². The molecule has 0 aromatic carbocycles. The van der Waals surface area contributed by atoms with Crippen molar-refractivity contribution in [3.05, 3.63) is 11.6 Å². The van der Waals surface area contributed by atoms with E-state index in [0.29, 0.717) is 0 Å².